The zero-order valence-corrected chi connectivity index (χ0v) is 17.3. The fraction of sp³-hybridized carbons (Fsp3) is 0.174. The quantitative estimate of drug-likeness (QED) is 0.420. The second-order valence-electron chi connectivity index (χ2n) is 7.22. The van der Waals surface area contributed by atoms with Gasteiger partial charge >= 0.3 is 0 Å². The number of anilines is 2. The van der Waals surface area contributed by atoms with Crippen molar-refractivity contribution < 1.29 is 14.2 Å². The van der Waals surface area contributed by atoms with Crippen molar-refractivity contribution in [3.05, 3.63) is 72.4 Å². The largest absolute Gasteiger partial charge is 0.437 e. The molecule has 0 amide bonds. The van der Waals surface area contributed by atoms with Crippen molar-refractivity contribution in [1.29, 1.82) is 0 Å². The Morgan fingerprint density at radius 1 is 1.13 bits per heavy atom. The Balaban J connectivity index is 1.37. The topological polar surface area (TPSA) is 80.2 Å². The minimum Gasteiger partial charge on any atom is -0.437 e. The number of nitrogens with zero attached hydrogens (tertiary/aromatic N) is 3. The Morgan fingerprint density at radius 3 is 2.84 bits per heavy atom. The summed E-state index contributed by atoms with van der Waals surface area (Å²) in [6.45, 7) is 0. The molecule has 0 spiro atoms. The molecule has 2 aromatic heterocycles. The van der Waals surface area contributed by atoms with E-state index in [9.17, 15) is 9.50 Å². The summed E-state index contributed by atoms with van der Waals surface area (Å²) in [4.78, 5) is 13.1. The highest BCUT2D eigenvalue weighted by atomic mass is 32.1. The first-order valence-electron chi connectivity index (χ1n) is 9.96. The van der Waals surface area contributed by atoms with Crippen LogP contribution >= 0.6 is 11.3 Å². The lowest BCUT2D eigenvalue weighted by molar-refractivity contribution is 0.206. The highest BCUT2D eigenvalue weighted by Crippen LogP contribution is 2.34. The fourth-order valence-electron chi connectivity index (χ4n) is 3.53. The lowest BCUT2D eigenvalue weighted by Crippen LogP contribution is -2.10. The Bertz CT molecular complexity index is 1240. The molecular weight excluding hydrogens is 415 g/mol. The summed E-state index contributed by atoms with van der Waals surface area (Å²) in [6, 6.07) is 12.3. The molecular formula is C23H19FN4O2S. The lowest BCUT2D eigenvalue weighted by Gasteiger charge is -2.18. The van der Waals surface area contributed by atoms with Crippen molar-refractivity contribution in [1.82, 2.24) is 15.0 Å². The zero-order chi connectivity index (χ0) is 21.2. The van der Waals surface area contributed by atoms with Gasteiger partial charge in [0.1, 0.15) is 17.3 Å². The third-order valence-electron chi connectivity index (χ3n) is 5.00. The molecule has 0 fully saturated rings. The number of hydrogen-bond acceptors (Lipinski definition) is 7. The maximum Gasteiger partial charge on any atom is 0.245 e. The number of aliphatic hydroxyl groups excluding tert-OH is 1. The number of ether oxygens (including phenoxy) is 1. The van der Waals surface area contributed by atoms with E-state index in [4.69, 9.17) is 4.74 Å². The minimum absolute atomic E-state index is 0.286. The third-order valence-corrected chi connectivity index (χ3v) is 5.95. The van der Waals surface area contributed by atoms with Gasteiger partial charge in [-0.15, -0.1) is 0 Å². The second-order valence-corrected chi connectivity index (χ2v) is 8.25. The van der Waals surface area contributed by atoms with Gasteiger partial charge in [0.25, 0.3) is 0 Å². The number of aliphatic hydroxyl groups is 1. The van der Waals surface area contributed by atoms with E-state index in [0.717, 1.165) is 35.1 Å². The summed E-state index contributed by atoms with van der Waals surface area (Å²) < 4.78 is 21.6. The van der Waals surface area contributed by atoms with Crippen molar-refractivity contribution in [2.45, 2.75) is 25.4 Å². The van der Waals surface area contributed by atoms with E-state index in [1.807, 2.05) is 24.3 Å². The third kappa shape index (κ3) is 4.26. The minimum atomic E-state index is -0.496. The van der Waals surface area contributed by atoms with Gasteiger partial charge < -0.3 is 15.2 Å². The molecule has 5 rings (SSSR count). The summed E-state index contributed by atoms with van der Waals surface area (Å²) in [5, 5.41) is 13.6. The first kappa shape index (κ1) is 19.6. The predicted octanol–water partition coefficient (Wildman–Crippen LogP) is 5.69. The number of allylic oxidation sites excluding steroid dienone is 1. The molecule has 0 saturated heterocycles. The van der Waals surface area contributed by atoms with Gasteiger partial charge in [-0.3, -0.25) is 0 Å². The van der Waals surface area contributed by atoms with Crippen LogP contribution in [0.15, 0.2) is 60.9 Å². The average Bonchev–Trinajstić information content (AvgIpc) is 3.18. The second kappa shape index (κ2) is 8.41. The van der Waals surface area contributed by atoms with Crippen LogP contribution in [0.2, 0.25) is 0 Å². The van der Waals surface area contributed by atoms with Crippen molar-refractivity contribution in [3.8, 4) is 11.6 Å². The van der Waals surface area contributed by atoms with Crippen molar-refractivity contribution in [2.24, 2.45) is 0 Å². The van der Waals surface area contributed by atoms with Gasteiger partial charge in [0.05, 0.1) is 22.0 Å². The molecule has 31 heavy (non-hydrogen) atoms. The van der Waals surface area contributed by atoms with E-state index in [-0.39, 0.29) is 5.88 Å². The molecule has 4 aromatic rings. The van der Waals surface area contributed by atoms with Crippen LogP contribution in [0.25, 0.3) is 15.8 Å². The molecule has 0 aliphatic heterocycles. The van der Waals surface area contributed by atoms with Crippen LogP contribution in [0.3, 0.4) is 0 Å². The van der Waals surface area contributed by atoms with Gasteiger partial charge in [-0.1, -0.05) is 29.5 Å². The summed E-state index contributed by atoms with van der Waals surface area (Å²) >= 11 is 1.46. The molecule has 156 valence electrons. The normalized spacial score (nSPS) is 16.2. The van der Waals surface area contributed by atoms with Crippen LogP contribution in [0.4, 0.5) is 15.2 Å². The van der Waals surface area contributed by atoms with Gasteiger partial charge in [-0.25, -0.2) is 19.3 Å². The number of para-hydroxylation sites is 1. The summed E-state index contributed by atoms with van der Waals surface area (Å²) in [5.41, 5.74) is 2.63. The Morgan fingerprint density at radius 2 is 2.00 bits per heavy atom. The number of aromatic nitrogens is 3. The van der Waals surface area contributed by atoms with Gasteiger partial charge in [-0.2, -0.15) is 0 Å². The highest BCUT2D eigenvalue weighted by Gasteiger charge is 2.18. The van der Waals surface area contributed by atoms with Gasteiger partial charge in [0.2, 0.25) is 5.88 Å². The molecule has 0 bridgehead atoms. The molecule has 0 unspecified atom stereocenters. The smallest absolute Gasteiger partial charge is 0.245 e. The van der Waals surface area contributed by atoms with Gasteiger partial charge in [0.15, 0.2) is 5.13 Å². The number of thiazole rings is 1. The number of hydrogen-bond donors (Lipinski definition) is 2. The number of benzene rings is 2. The fourth-order valence-corrected chi connectivity index (χ4v) is 4.41. The molecule has 0 radical (unpaired) electrons. The molecule has 6 nitrogen and oxygen atoms in total. The molecule has 1 aliphatic rings. The first-order valence-corrected chi connectivity index (χ1v) is 10.8. The summed E-state index contributed by atoms with van der Waals surface area (Å²) in [5.74, 6) is 0.134. The molecule has 2 heterocycles. The maximum atomic E-state index is 14.8. The van der Waals surface area contributed by atoms with E-state index in [0.29, 0.717) is 22.3 Å². The van der Waals surface area contributed by atoms with Gasteiger partial charge in [0, 0.05) is 18.5 Å². The number of rotatable bonds is 5. The Labute approximate surface area is 182 Å². The summed E-state index contributed by atoms with van der Waals surface area (Å²) in [6.07, 6.45) is 6.77. The van der Waals surface area contributed by atoms with Crippen LogP contribution in [0, 0.1) is 5.82 Å². The van der Waals surface area contributed by atoms with Crippen LogP contribution in [0.5, 0.6) is 11.6 Å². The van der Waals surface area contributed by atoms with E-state index in [1.54, 1.807) is 24.4 Å². The van der Waals surface area contributed by atoms with E-state index < -0.39 is 11.9 Å². The number of nitrogens with one attached hydrogen (secondary N) is 1. The van der Waals surface area contributed by atoms with Gasteiger partial charge in [-0.05, 0) is 49.1 Å². The molecule has 8 heteroatoms. The molecule has 2 aromatic carbocycles. The number of halogens is 1. The monoisotopic (exact) mass is 434 g/mol. The summed E-state index contributed by atoms with van der Waals surface area (Å²) in [7, 11) is 0. The zero-order valence-electron chi connectivity index (χ0n) is 16.5. The Kier molecular flexibility index (Phi) is 5.31. The standard InChI is InChI=1S/C23H19FN4O2S/c24-17-13-16(8-9-18(17)27-23-28-19-6-1-2-7-20(19)31-23)30-22-21(25-10-11-26-22)14-4-3-5-15(29)12-14/h1-2,6-13,15,29H,3-5H2,(H,27,28)/t15-/m0/s1. The lowest BCUT2D eigenvalue weighted by atomic mass is 9.95. The van der Waals surface area contributed by atoms with Crippen LogP contribution < -0.4 is 10.1 Å². The highest BCUT2D eigenvalue weighted by molar-refractivity contribution is 7.22. The average molecular weight is 434 g/mol. The van der Waals surface area contributed by atoms with Crippen molar-refractivity contribution >= 4 is 37.9 Å². The van der Waals surface area contributed by atoms with E-state index in [1.165, 1.54) is 23.6 Å². The maximum absolute atomic E-state index is 14.8. The molecule has 0 saturated carbocycles. The van der Waals surface area contributed by atoms with Crippen molar-refractivity contribution in [3.63, 3.8) is 0 Å². The predicted molar refractivity (Wildman–Crippen MR) is 119 cm³/mol. The van der Waals surface area contributed by atoms with E-state index in [2.05, 4.69) is 20.3 Å². The first-order chi connectivity index (χ1) is 15.2. The molecule has 1 aliphatic carbocycles. The van der Waals surface area contributed by atoms with Crippen LogP contribution in [0.1, 0.15) is 25.0 Å². The number of fused-ring (bicyclic) bond motifs is 1. The SMILES string of the molecule is O[C@@H]1C=C(c2nccnc2Oc2ccc(Nc3nc4ccccc4s3)c(F)c2)CCC1. The Hall–Kier alpha value is -3.36. The van der Waals surface area contributed by atoms with Crippen LogP contribution in [-0.2, 0) is 0 Å². The van der Waals surface area contributed by atoms with Crippen LogP contribution in [-0.4, -0.2) is 26.2 Å². The van der Waals surface area contributed by atoms with E-state index >= 15 is 0 Å². The molecule has 1 atom stereocenters. The van der Waals surface area contributed by atoms with Crippen molar-refractivity contribution in [2.75, 3.05) is 5.32 Å². The molecule has 2 N–H and O–H groups in total.